The number of rotatable bonds is 7. The Kier molecular flexibility index (Phi) is 6.98. The fourth-order valence-electron chi connectivity index (χ4n) is 3.00. The minimum atomic E-state index is -1.06. The number of aromatic carboxylic acids is 1. The minimum absolute atomic E-state index is 0.131. The minimum Gasteiger partial charge on any atom is -0.488 e. The maximum atomic E-state index is 12.9. The maximum absolute atomic E-state index is 12.9. The highest BCUT2D eigenvalue weighted by molar-refractivity contribution is 6.31. The van der Waals surface area contributed by atoms with E-state index in [9.17, 15) is 14.7 Å². The lowest BCUT2D eigenvalue weighted by atomic mass is 10.0. The third-order valence-corrected chi connectivity index (χ3v) is 5.14. The number of ether oxygens (including phenoxy) is 1. The van der Waals surface area contributed by atoms with E-state index in [0.29, 0.717) is 21.4 Å². The third-order valence-electron chi connectivity index (χ3n) is 4.53. The Morgan fingerprint density at radius 2 is 1.70 bits per heavy atom. The van der Waals surface area contributed by atoms with E-state index < -0.39 is 17.9 Å². The number of amides is 1. The molecular weight excluding hydrogens is 425 g/mol. The van der Waals surface area contributed by atoms with Crippen molar-refractivity contribution >= 4 is 35.1 Å². The van der Waals surface area contributed by atoms with Crippen LogP contribution in [0.2, 0.25) is 10.0 Å². The van der Waals surface area contributed by atoms with Crippen molar-refractivity contribution in [2.75, 3.05) is 0 Å². The predicted octanol–water partition coefficient (Wildman–Crippen LogP) is 5.76. The number of carbonyl (C=O) groups is 2. The van der Waals surface area contributed by atoms with Crippen molar-refractivity contribution in [1.82, 2.24) is 5.32 Å². The molecule has 3 rings (SSSR count). The fourth-order valence-corrected chi connectivity index (χ4v) is 3.36. The smallest absolute Gasteiger partial charge is 0.336 e. The van der Waals surface area contributed by atoms with Gasteiger partial charge in [0.25, 0.3) is 5.91 Å². The van der Waals surface area contributed by atoms with E-state index in [0.717, 1.165) is 5.56 Å². The summed E-state index contributed by atoms with van der Waals surface area (Å²) in [6.07, 6.45) is 0. The molecule has 154 valence electrons. The van der Waals surface area contributed by atoms with Gasteiger partial charge in [0.2, 0.25) is 0 Å². The van der Waals surface area contributed by atoms with Gasteiger partial charge in [0.1, 0.15) is 12.4 Å². The molecule has 3 aromatic rings. The van der Waals surface area contributed by atoms with Crippen LogP contribution in [0.4, 0.5) is 0 Å². The molecule has 0 aliphatic carbocycles. The van der Waals surface area contributed by atoms with Crippen LogP contribution in [0.15, 0.2) is 66.7 Å². The van der Waals surface area contributed by atoms with Crippen molar-refractivity contribution in [3.05, 3.63) is 99.0 Å². The van der Waals surface area contributed by atoms with Crippen LogP contribution in [0.5, 0.6) is 5.75 Å². The number of carboxylic acids is 1. The highest BCUT2D eigenvalue weighted by Crippen LogP contribution is 2.26. The number of hydrogen-bond donors (Lipinski definition) is 2. The van der Waals surface area contributed by atoms with Gasteiger partial charge in [-0.25, -0.2) is 4.79 Å². The Hall–Kier alpha value is -3.02. The number of nitrogens with one attached hydrogen (secondary N) is 1. The quantitative estimate of drug-likeness (QED) is 0.486. The molecule has 30 heavy (non-hydrogen) atoms. The first-order valence-corrected chi connectivity index (χ1v) is 9.91. The lowest BCUT2D eigenvalue weighted by Gasteiger charge is -2.18. The molecule has 0 aliphatic rings. The van der Waals surface area contributed by atoms with Crippen molar-refractivity contribution in [1.29, 1.82) is 0 Å². The second kappa shape index (κ2) is 9.65. The molecule has 0 fully saturated rings. The van der Waals surface area contributed by atoms with Gasteiger partial charge in [-0.3, -0.25) is 4.79 Å². The van der Waals surface area contributed by atoms with Crippen LogP contribution in [0, 0.1) is 0 Å². The molecule has 0 aromatic heterocycles. The van der Waals surface area contributed by atoms with Crippen molar-refractivity contribution in [2.24, 2.45) is 0 Å². The van der Waals surface area contributed by atoms with E-state index >= 15 is 0 Å². The van der Waals surface area contributed by atoms with Gasteiger partial charge in [0, 0.05) is 15.6 Å². The summed E-state index contributed by atoms with van der Waals surface area (Å²) in [6.45, 7) is 1.90. The average molecular weight is 444 g/mol. The molecule has 3 aromatic carbocycles. The lowest BCUT2D eigenvalue weighted by molar-refractivity contribution is 0.0693. The van der Waals surface area contributed by atoms with Gasteiger partial charge in [-0.15, -0.1) is 0 Å². The lowest BCUT2D eigenvalue weighted by Crippen LogP contribution is -2.28. The van der Waals surface area contributed by atoms with Crippen LogP contribution in [-0.2, 0) is 6.61 Å². The van der Waals surface area contributed by atoms with Gasteiger partial charge in [-0.2, -0.15) is 0 Å². The summed E-state index contributed by atoms with van der Waals surface area (Å²) in [5, 5.41) is 13.1. The Bertz CT molecular complexity index is 1080. The zero-order chi connectivity index (χ0) is 21.7. The van der Waals surface area contributed by atoms with Crippen molar-refractivity contribution in [3.8, 4) is 5.75 Å². The van der Waals surface area contributed by atoms with E-state index in [1.807, 2.05) is 18.2 Å². The molecule has 0 unspecified atom stereocenters. The second-order valence-corrected chi connectivity index (χ2v) is 7.45. The number of benzene rings is 3. The molecule has 0 radical (unpaired) electrons. The zero-order valence-electron chi connectivity index (χ0n) is 16.1. The topological polar surface area (TPSA) is 75.6 Å². The van der Waals surface area contributed by atoms with Crippen LogP contribution in [0.25, 0.3) is 0 Å². The standard InChI is InChI=1S/C23H19Cl2NO4/c1-14(17-7-3-4-8-18(17)23(28)29)26-22(27)19-12-16(24)10-11-21(19)30-13-15-6-2-5-9-20(15)25/h2-12,14H,13H2,1H3,(H,26,27)(H,28,29)/t14-/m0/s1. The molecule has 1 amide bonds. The summed E-state index contributed by atoms with van der Waals surface area (Å²) in [7, 11) is 0. The first-order valence-electron chi connectivity index (χ1n) is 9.15. The van der Waals surface area contributed by atoms with Gasteiger partial charge in [0.05, 0.1) is 17.2 Å². The highest BCUT2D eigenvalue weighted by Gasteiger charge is 2.20. The van der Waals surface area contributed by atoms with Crippen LogP contribution in [0.1, 0.15) is 44.8 Å². The van der Waals surface area contributed by atoms with Gasteiger partial charge >= 0.3 is 5.97 Å². The van der Waals surface area contributed by atoms with Crippen LogP contribution >= 0.6 is 23.2 Å². The normalized spacial score (nSPS) is 11.6. The molecule has 0 spiro atoms. The molecule has 0 aliphatic heterocycles. The molecule has 2 N–H and O–H groups in total. The van der Waals surface area contributed by atoms with Gasteiger partial charge < -0.3 is 15.2 Å². The summed E-state index contributed by atoms with van der Waals surface area (Å²) in [5.41, 5.74) is 1.66. The number of carbonyl (C=O) groups excluding carboxylic acids is 1. The molecule has 0 saturated heterocycles. The largest absolute Gasteiger partial charge is 0.488 e. The maximum Gasteiger partial charge on any atom is 0.336 e. The first kappa shape index (κ1) is 21.7. The van der Waals surface area contributed by atoms with E-state index in [1.165, 1.54) is 12.1 Å². The van der Waals surface area contributed by atoms with E-state index in [4.69, 9.17) is 27.9 Å². The Balaban J connectivity index is 1.81. The first-order chi connectivity index (χ1) is 14.4. The Morgan fingerprint density at radius 1 is 1.00 bits per heavy atom. The summed E-state index contributed by atoms with van der Waals surface area (Å²) >= 11 is 12.3. The molecular formula is C23H19Cl2NO4. The molecule has 0 saturated carbocycles. The average Bonchev–Trinajstić information content (AvgIpc) is 2.73. The van der Waals surface area contributed by atoms with Crippen LogP contribution < -0.4 is 10.1 Å². The van der Waals surface area contributed by atoms with Gasteiger partial charge in [-0.05, 0) is 42.8 Å². The van der Waals surface area contributed by atoms with E-state index in [-0.39, 0.29) is 17.7 Å². The summed E-state index contributed by atoms with van der Waals surface area (Å²) in [5.74, 6) is -1.15. The number of halogens is 2. The third kappa shape index (κ3) is 5.12. The zero-order valence-corrected chi connectivity index (χ0v) is 17.6. The van der Waals surface area contributed by atoms with E-state index in [1.54, 1.807) is 43.3 Å². The molecule has 7 heteroatoms. The van der Waals surface area contributed by atoms with Crippen LogP contribution in [-0.4, -0.2) is 17.0 Å². The summed E-state index contributed by atoms with van der Waals surface area (Å²) < 4.78 is 5.83. The van der Waals surface area contributed by atoms with Crippen molar-refractivity contribution < 1.29 is 19.4 Å². The summed E-state index contributed by atoms with van der Waals surface area (Å²) in [4.78, 5) is 24.4. The SMILES string of the molecule is C[C@H](NC(=O)c1cc(Cl)ccc1OCc1ccccc1Cl)c1ccccc1C(=O)O. The Morgan fingerprint density at radius 3 is 2.43 bits per heavy atom. The molecule has 0 heterocycles. The van der Waals surface area contributed by atoms with E-state index in [2.05, 4.69) is 5.32 Å². The number of hydrogen-bond acceptors (Lipinski definition) is 3. The predicted molar refractivity (Wildman–Crippen MR) is 117 cm³/mol. The monoisotopic (exact) mass is 443 g/mol. The number of carboxylic acid groups (broad SMARTS) is 1. The summed E-state index contributed by atoms with van der Waals surface area (Å²) in [6, 6.07) is 18.0. The fraction of sp³-hybridized carbons (Fsp3) is 0.130. The van der Waals surface area contributed by atoms with Gasteiger partial charge in [-0.1, -0.05) is 59.6 Å². The van der Waals surface area contributed by atoms with Crippen LogP contribution in [0.3, 0.4) is 0 Å². The second-order valence-electron chi connectivity index (χ2n) is 6.61. The molecule has 1 atom stereocenters. The van der Waals surface area contributed by atoms with Crippen molar-refractivity contribution in [2.45, 2.75) is 19.6 Å². The highest BCUT2D eigenvalue weighted by atomic mass is 35.5. The molecule has 0 bridgehead atoms. The molecule has 5 nitrogen and oxygen atoms in total. The van der Waals surface area contributed by atoms with Crippen molar-refractivity contribution in [3.63, 3.8) is 0 Å². The van der Waals surface area contributed by atoms with Gasteiger partial charge in [0.15, 0.2) is 0 Å². The Labute approximate surface area is 184 Å².